The maximum Gasteiger partial charge on any atom is 0.251 e. The van der Waals surface area contributed by atoms with Crippen LogP contribution in [0, 0.1) is 17.8 Å². The highest BCUT2D eigenvalue weighted by molar-refractivity contribution is 8.02. The average Bonchev–Trinajstić information content (AvgIpc) is 3.61. The minimum absolute atomic E-state index is 0.133. The monoisotopic (exact) mass is 631 g/mol. The third-order valence-corrected chi connectivity index (χ3v) is 11.7. The van der Waals surface area contributed by atoms with Crippen molar-refractivity contribution in [3.05, 3.63) is 79.9 Å². The first-order chi connectivity index (χ1) is 21.6. The molecule has 5 rings (SSSR count). The predicted molar refractivity (Wildman–Crippen MR) is 180 cm³/mol. The molecule has 3 heterocycles. The summed E-state index contributed by atoms with van der Waals surface area (Å²) >= 11 is 1.64. The van der Waals surface area contributed by atoms with Crippen LogP contribution in [0.15, 0.2) is 79.9 Å². The molecule has 2 aromatic rings. The summed E-state index contributed by atoms with van der Waals surface area (Å²) in [5.74, 6) is -1.09. The summed E-state index contributed by atoms with van der Waals surface area (Å²) in [5, 5.41) is 10.7. The Hall–Kier alpha value is -3.56. The number of benzene rings is 2. The molecule has 45 heavy (non-hydrogen) atoms. The lowest BCUT2D eigenvalue weighted by molar-refractivity contribution is -0.142. The molecule has 9 heteroatoms. The number of nitrogens with zero attached hydrogens (tertiary/aromatic N) is 3. The van der Waals surface area contributed by atoms with Gasteiger partial charge in [0.15, 0.2) is 0 Å². The van der Waals surface area contributed by atoms with E-state index in [1.165, 1.54) is 0 Å². The van der Waals surface area contributed by atoms with Crippen LogP contribution in [0.1, 0.15) is 40.0 Å². The fourth-order valence-electron chi connectivity index (χ4n) is 7.82. The molecule has 0 saturated carbocycles. The highest BCUT2D eigenvalue weighted by atomic mass is 32.2. The molecule has 1 N–H and O–H groups in total. The largest absolute Gasteiger partial charge is 0.497 e. The van der Waals surface area contributed by atoms with Gasteiger partial charge in [-0.05, 0) is 68.5 Å². The number of ether oxygens (including phenoxy) is 1. The molecule has 2 unspecified atom stereocenters. The molecular weight excluding hydrogens is 586 g/mol. The number of anilines is 2. The Bertz CT molecular complexity index is 1430. The molecule has 1 spiro atoms. The molecule has 240 valence electrons. The number of likely N-dealkylation sites (tertiary alicyclic amines) is 1. The number of hydrogen-bond donors (Lipinski definition) is 1. The number of rotatable bonds is 13. The van der Waals surface area contributed by atoms with Gasteiger partial charge in [0, 0.05) is 29.2 Å². The van der Waals surface area contributed by atoms with E-state index in [0.717, 1.165) is 5.69 Å². The lowest BCUT2D eigenvalue weighted by Crippen LogP contribution is -2.58. The summed E-state index contributed by atoms with van der Waals surface area (Å²) in [7, 11) is 1.59. The van der Waals surface area contributed by atoms with E-state index in [0.29, 0.717) is 37.2 Å². The van der Waals surface area contributed by atoms with E-state index >= 15 is 0 Å². The average molecular weight is 632 g/mol. The molecule has 0 radical (unpaired) electrons. The third kappa shape index (κ3) is 5.58. The summed E-state index contributed by atoms with van der Waals surface area (Å²) < 4.78 is 3.98. The van der Waals surface area contributed by atoms with Crippen molar-refractivity contribution < 1.29 is 24.2 Å². The second kappa shape index (κ2) is 13.0. The summed E-state index contributed by atoms with van der Waals surface area (Å²) in [6, 6.07) is 15.3. The standard InChI is InChI=1S/C36H45N3O5S/c1-7-20-37(25-12-10-9-11-13-25)32(41)29-30-33(42)39(27(23-40)22-24(3)4)31(36(30)19-18-35(29,5)45-36)34(43)38(21-8-2)26-14-16-28(44-6)17-15-26/h7-17,24,27,29-31,40H,1-2,18-23H2,3-6H3/t27-,29-,30+,31?,35+,36?/m1/s1. The molecule has 0 aromatic heterocycles. The van der Waals surface area contributed by atoms with Crippen LogP contribution < -0.4 is 14.5 Å². The van der Waals surface area contributed by atoms with E-state index in [-0.39, 0.29) is 36.8 Å². The van der Waals surface area contributed by atoms with Crippen molar-refractivity contribution >= 4 is 40.9 Å². The Kier molecular flexibility index (Phi) is 9.52. The quantitative estimate of drug-likeness (QED) is 0.301. The first-order valence-electron chi connectivity index (χ1n) is 15.7. The van der Waals surface area contributed by atoms with E-state index in [4.69, 9.17) is 4.74 Å². The molecular formula is C36H45N3O5S. The summed E-state index contributed by atoms with van der Waals surface area (Å²) in [4.78, 5) is 49.5. The topological polar surface area (TPSA) is 90.4 Å². The molecule has 2 aromatic carbocycles. The summed E-state index contributed by atoms with van der Waals surface area (Å²) in [6.45, 7) is 14.2. The highest BCUT2D eigenvalue weighted by Crippen LogP contribution is 2.72. The molecule has 3 amide bonds. The lowest BCUT2D eigenvalue weighted by atomic mass is 9.66. The number of amides is 3. The van der Waals surface area contributed by atoms with Crippen LogP contribution in [0.4, 0.5) is 11.4 Å². The summed E-state index contributed by atoms with van der Waals surface area (Å²) in [6.07, 6.45) is 5.23. The van der Waals surface area contributed by atoms with Gasteiger partial charge in [-0.25, -0.2) is 0 Å². The molecule has 0 aliphatic carbocycles. The van der Waals surface area contributed by atoms with Gasteiger partial charge in [0.05, 0.1) is 36.3 Å². The number of carbonyl (C=O) groups excluding carboxylic acids is 3. The molecule has 8 nitrogen and oxygen atoms in total. The third-order valence-electron chi connectivity index (χ3n) is 9.67. The SMILES string of the molecule is C=CCN(C(=O)C1N([C@@H](CO)CC(C)C)C(=O)[C@@H]2[C@H](C(=O)N(CC=C)c3ccccc3)[C@]3(C)CCC12S3)c1ccc(OC)cc1. The number of hydrogen-bond acceptors (Lipinski definition) is 6. The van der Waals surface area contributed by atoms with Gasteiger partial charge in [-0.3, -0.25) is 14.4 Å². The number of aliphatic hydroxyl groups is 1. The second-order valence-electron chi connectivity index (χ2n) is 12.9. The fraction of sp³-hybridized carbons (Fsp3) is 0.472. The van der Waals surface area contributed by atoms with E-state index in [9.17, 15) is 19.5 Å². The van der Waals surface area contributed by atoms with E-state index in [1.54, 1.807) is 57.9 Å². The van der Waals surface area contributed by atoms with E-state index in [2.05, 4.69) is 20.1 Å². The fourth-order valence-corrected chi connectivity index (χ4v) is 10.2. The Morgan fingerprint density at radius 3 is 2.18 bits per heavy atom. The number of aliphatic hydroxyl groups excluding tert-OH is 1. The lowest BCUT2D eigenvalue weighted by Gasteiger charge is -2.40. The van der Waals surface area contributed by atoms with Gasteiger partial charge in [-0.15, -0.1) is 24.9 Å². The van der Waals surface area contributed by atoms with Crippen molar-refractivity contribution in [2.45, 2.75) is 61.6 Å². The Morgan fingerprint density at radius 1 is 1.02 bits per heavy atom. The number of carbonyl (C=O) groups is 3. The first-order valence-corrected chi connectivity index (χ1v) is 16.5. The maximum atomic E-state index is 15.0. The van der Waals surface area contributed by atoms with Crippen molar-refractivity contribution in [1.29, 1.82) is 0 Å². The molecule has 3 aliphatic rings. The molecule has 3 fully saturated rings. The van der Waals surface area contributed by atoms with E-state index in [1.807, 2.05) is 56.3 Å². The number of thioether (sulfide) groups is 1. The van der Waals surface area contributed by atoms with Crippen molar-refractivity contribution in [3.63, 3.8) is 0 Å². The number of para-hydroxylation sites is 1. The smallest absolute Gasteiger partial charge is 0.251 e. The number of methoxy groups -OCH3 is 1. The Morgan fingerprint density at radius 2 is 1.62 bits per heavy atom. The molecule has 2 bridgehead atoms. The van der Waals surface area contributed by atoms with Crippen LogP contribution in [-0.2, 0) is 14.4 Å². The Labute approximate surface area is 271 Å². The van der Waals surface area contributed by atoms with Crippen LogP contribution in [0.5, 0.6) is 5.75 Å². The van der Waals surface area contributed by atoms with Crippen LogP contribution >= 0.6 is 11.8 Å². The maximum absolute atomic E-state index is 15.0. The second-order valence-corrected chi connectivity index (χ2v) is 14.8. The van der Waals surface area contributed by atoms with Gasteiger partial charge in [0.25, 0.3) is 5.91 Å². The van der Waals surface area contributed by atoms with Gasteiger partial charge in [0.1, 0.15) is 11.8 Å². The van der Waals surface area contributed by atoms with Crippen LogP contribution in [0.2, 0.25) is 0 Å². The van der Waals surface area contributed by atoms with Crippen molar-refractivity contribution in [2.24, 2.45) is 17.8 Å². The molecule has 6 atom stereocenters. The van der Waals surface area contributed by atoms with Gasteiger partial charge in [0.2, 0.25) is 11.8 Å². The first kappa shape index (κ1) is 32.8. The van der Waals surface area contributed by atoms with Crippen molar-refractivity contribution in [2.75, 3.05) is 36.6 Å². The zero-order chi connectivity index (χ0) is 32.5. The minimum Gasteiger partial charge on any atom is -0.497 e. The Balaban J connectivity index is 1.63. The van der Waals surface area contributed by atoms with Gasteiger partial charge in [-0.2, -0.15) is 0 Å². The van der Waals surface area contributed by atoms with Crippen LogP contribution in [0.3, 0.4) is 0 Å². The number of fused-ring (bicyclic) bond motifs is 1. The zero-order valence-electron chi connectivity index (χ0n) is 26.7. The molecule has 3 saturated heterocycles. The van der Waals surface area contributed by atoms with Crippen LogP contribution in [0.25, 0.3) is 0 Å². The van der Waals surface area contributed by atoms with Gasteiger partial charge >= 0.3 is 0 Å². The summed E-state index contributed by atoms with van der Waals surface area (Å²) in [5.41, 5.74) is 1.41. The normalized spacial score (nSPS) is 27.3. The molecule has 3 aliphatic heterocycles. The minimum atomic E-state index is -0.859. The van der Waals surface area contributed by atoms with Crippen molar-refractivity contribution in [3.8, 4) is 5.75 Å². The highest BCUT2D eigenvalue weighted by Gasteiger charge is 2.78. The van der Waals surface area contributed by atoms with E-state index < -0.39 is 33.4 Å². The van der Waals surface area contributed by atoms with Gasteiger partial charge < -0.3 is 24.5 Å². The van der Waals surface area contributed by atoms with Crippen LogP contribution in [-0.4, -0.2) is 76.1 Å². The zero-order valence-corrected chi connectivity index (χ0v) is 27.5. The predicted octanol–water partition coefficient (Wildman–Crippen LogP) is 5.32. The van der Waals surface area contributed by atoms with Crippen molar-refractivity contribution in [1.82, 2.24) is 4.90 Å². The van der Waals surface area contributed by atoms with Gasteiger partial charge in [-0.1, -0.05) is 44.2 Å².